The van der Waals surface area contributed by atoms with Crippen molar-refractivity contribution in [3.8, 4) is 6.07 Å². The van der Waals surface area contributed by atoms with Crippen LogP contribution in [-0.4, -0.2) is 22.5 Å². The first-order valence-corrected chi connectivity index (χ1v) is 7.37. The average molecular weight is 300 g/mol. The van der Waals surface area contributed by atoms with Gasteiger partial charge in [0.15, 0.2) is 0 Å². The molecule has 1 aromatic carbocycles. The highest BCUT2D eigenvalue weighted by molar-refractivity contribution is 7.12. The summed E-state index contributed by atoms with van der Waals surface area (Å²) in [5, 5.41) is 17.9. The Kier molecular flexibility index (Phi) is 5.09. The van der Waals surface area contributed by atoms with Crippen molar-refractivity contribution < 1.29 is 9.90 Å². The molecule has 21 heavy (non-hydrogen) atoms. The molecular formula is C16H16N2O2S. The van der Waals surface area contributed by atoms with Crippen LogP contribution < -0.4 is 0 Å². The second-order valence-corrected chi connectivity index (χ2v) is 6.07. The van der Waals surface area contributed by atoms with E-state index >= 15 is 0 Å². The summed E-state index contributed by atoms with van der Waals surface area (Å²) >= 11 is 1.41. The Morgan fingerprint density at radius 2 is 2.14 bits per heavy atom. The molecule has 0 fully saturated rings. The Balaban J connectivity index is 2.10. The largest absolute Gasteiger partial charge is 0.480 e. The van der Waals surface area contributed by atoms with Crippen LogP contribution in [0.3, 0.4) is 0 Å². The van der Waals surface area contributed by atoms with Gasteiger partial charge in [-0.25, -0.2) is 0 Å². The van der Waals surface area contributed by atoms with Crippen LogP contribution in [-0.2, 0) is 17.9 Å². The lowest BCUT2D eigenvalue weighted by Crippen LogP contribution is -2.28. The van der Waals surface area contributed by atoms with E-state index in [1.807, 2.05) is 36.1 Å². The first-order valence-electron chi connectivity index (χ1n) is 6.55. The molecule has 0 aliphatic carbocycles. The Hall–Kier alpha value is -2.16. The van der Waals surface area contributed by atoms with Gasteiger partial charge in [0.25, 0.3) is 0 Å². The van der Waals surface area contributed by atoms with Crippen molar-refractivity contribution in [2.75, 3.05) is 6.54 Å². The van der Waals surface area contributed by atoms with Gasteiger partial charge in [-0.15, -0.1) is 11.3 Å². The maximum Gasteiger partial charge on any atom is 0.317 e. The molecule has 2 aromatic rings. The van der Waals surface area contributed by atoms with Crippen LogP contribution in [0, 0.1) is 18.3 Å². The molecule has 0 spiro atoms. The zero-order chi connectivity index (χ0) is 15.2. The first kappa shape index (κ1) is 15.2. The Bertz CT molecular complexity index is 673. The number of carboxylic acids is 1. The molecule has 0 radical (unpaired) electrons. The zero-order valence-electron chi connectivity index (χ0n) is 11.7. The summed E-state index contributed by atoms with van der Waals surface area (Å²) in [5.41, 5.74) is 2.25. The number of thiophene rings is 1. The van der Waals surface area contributed by atoms with E-state index in [2.05, 4.69) is 12.1 Å². The molecule has 0 saturated heterocycles. The van der Waals surface area contributed by atoms with Gasteiger partial charge >= 0.3 is 5.97 Å². The predicted octanol–water partition coefficient (Wildman–Crippen LogP) is 3.02. The molecule has 0 amide bonds. The fraction of sp³-hybridized carbons (Fsp3) is 0.250. The number of hydrogen-bond donors (Lipinski definition) is 1. The monoisotopic (exact) mass is 300 g/mol. The van der Waals surface area contributed by atoms with Crippen molar-refractivity contribution in [2.24, 2.45) is 0 Å². The van der Waals surface area contributed by atoms with Gasteiger partial charge in [-0.3, -0.25) is 9.69 Å². The van der Waals surface area contributed by atoms with E-state index in [0.29, 0.717) is 18.0 Å². The lowest BCUT2D eigenvalue weighted by atomic mass is 10.1. The van der Waals surface area contributed by atoms with Crippen LogP contribution in [0.1, 0.15) is 20.9 Å². The van der Waals surface area contributed by atoms with Crippen molar-refractivity contribution in [3.63, 3.8) is 0 Å². The van der Waals surface area contributed by atoms with Crippen molar-refractivity contribution in [3.05, 3.63) is 57.3 Å². The number of benzene rings is 1. The van der Waals surface area contributed by atoms with Crippen molar-refractivity contribution >= 4 is 17.3 Å². The molecule has 0 aliphatic rings. The van der Waals surface area contributed by atoms with E-state index in [1.54, 1.807) is 6.07 Å². The number of carboxylic acid groups (broad SMARTS) is 1. The minimum Gasteiger partial charge on any atom is -0.480 e. The Morgan fingerprint density at radius 3 is 2.76 bits per heavy atom. The van der Waals surface area contributed by atoms with Crippen LogP contribution in [0.15, 0.2) is 36.4 Å². The highest BCUT2D eigenvalue weighted by atomic mass is 32.1. The van der Waals surface area contributed by atoms with E-state index in [-0.39, 0.29) is 6.54 Å². The summed E-state index contributed by atoms with van der Waals surface area (Å²) in [6.07, 6.45) is 0. The summed E-state index contributed by atoms with van der Waals surface area (Å²) in [5.74, 6) is -0.847. The quantitative estimate of drug-likeness (QED) is 0.890. The van der Waals surface area contributed by atoms with Crippen molar-refractivity contribution in [1.29, 1.82) is 5.26 Å². The van der Waals surface area contributed by atoms with E-state index in [4.69, 9.17) is 10.4 Å². The van der Waals surface area contributed by atoms with E-state index in [1.165, 1.54) is 11.3 Å². The third-order valence-corrected chi connectivity index (χ3v) is 3.97. The van der Waals surface area contributed by atoms with Gasteiger partial charge in [0.2, 0.25) is 0 Å². The third-order valence-electron chi connectivity index (χ3n) is 3.00. The summed E-state index contributed by atoms with van der Waals surface area (Å²) in [6.45, 7) is 3.11. The highest BCUT2D eigenvalue weighted by Gasteiger charge is 2.12. The molecule has 0 saturated carbocycles. The number of aryl methyl sites for hydroxylation is 1. The molecule has 0 bridgehead atoms. The molecule has 4 nitrogen and oxygen atoms in total. The number of hydrogen-bond acceptors (Lipinski definition) is 4. The smallest absolute Gasteiger partial charge is 0.317 e. The Morgan fingerprint density at radius 1 is 1.33 bits per heavy atom. The molecule has 0 unspecified atom stereocenters. The lowest BCUT2D eigenvalue weighted by Gasteiger charge is -2.19. The molecule has 1 aromatic heterocycles. The molecule has 5 heteroatoms. The maximum absolute atomic E-state index is 11.0. The summed E-state index contributed by atoms with van der Waals surface area (Å²) in [4.78, 5) is 14.5. The number of carbonyl (C=O) groups is 1. The van der Waals surface area contributed by atoms with Crippen LogP contribution in [0.25, 0.3) is 0 Å². The van der Waals surface area contributed by atoms with Crippen LogP contribution in [0.5, 0.6) is 0 Å². The fourth-order valence-electron chi connectivity index (χ4n) is 2.17. The lowest BCUT2D eigenvalue weighted by molar-refractivity contribution is -0.138. The minimum atomic E-state index is -0.847. The van der Waals surface area contributed by atoms with E-state index < -0.39 is 5.97 Å². The van der Waals surface area contributed by atoms with Gasteiger partial charge in [0, 0.05) is 18.0 Å². The first-order chi connectivity index (χ1) is 10.1. The predicted molar refractivity (Wildman–Crippen MR) is 82.0 cm³/mol. The third kappa shape index (κ3) is 4.71. The van der Waals surface area contributed by atoms with Gasteiger partial charge in [-0.1, -0.05) is 29.8 Å². The normalized spacial score (nSPS) is 10.5. The average Bonchev–Trinajstić information content (AvgIpc) is 2.85. The second kappa shape index (κ2) is 7.02. The van der Waals surface area contributed by atoms with E-state index in [0.717, 1.165) is 16.0 Å². The number of nitriles is 1. The topological polar surface area (TPSA) is 64.3 Å². The summed E-state index contributed by atoms with van der Waals surface area (Å²) < 4.78 is 0. The molecule has 0 atom stereocenters. The Labute approximate surface area is 127 Å². The molecule has 1 N–H and O–H groups in total. The number of nitrogens with zero attached hydrogens (tertiary/aromatic N) is 2. The SMILES string of the molecule is Cc1cccc(CN(CC(=O)O)Cc2ccc(C#N)s2)c1. The molecule has 1 heterocycles. The van der Waals surface area contributed by atoms with Gasteiger partial charge < -0.3 is 5.11 Å². The second-order valence-electron chi connectivity index (χ2n) is 4.91. The van der Waals surface area contributed by atoms with Gasteiger partial charge in [-0.2, -0.15) is 5.26 Å². The molecule has 2 rings (SSSR count). The fourth-order valence-corrected chi connectivity index (χ4v) is 3.02. The van der Waals surface area contributed by atoms with Gasteiger partial charge in [0.1, 0.15) is 10.9 Å². The maximum atomic E-state index is 11.0. The zero-order valence-corrected chi connectivity index (χ0v) is 12.6. The highest BCUT2D eigenvalue weighted by Crippen LogP contribution is 2.18. The summed E-state index contributed by atoms with van der Waals surface area (Å²) in [7, 11) is 0. The standard InChI is InChI=1S/C16H16N2O2S/c1-12-3-2-4-13(7-12)9-18(11-16(19)20)10-15-6-5-14(8-17)21-15/h2-7H,9-11H2,1H3,(H,19,20). The van der Waals surface area contributed by atoms with Gasteiger partial charge in [0.05, 0.1) is 6.54 Å². The summed E-state index contributed by atoms with van der Waals surface area (Å²) in [6, 6.07) is 13.8. The van der Waals surface area contributed by atoms with Crippen LogP contribution in [0.2, 0.25) is 0 Å². The van der Waals surface area contributed by atoms with Crippen LogP contribution in [0.4, 0.5) is 0 Å². The number of aliphatic carboxylic acids is 1. The molecule has 0 aliphatic heterocycles. The minimum absolute atomic E-state index is 0.0201. The number of rotatable bonds is 6. The van der Waals surface area contributed by atoms with Crippen molar-refractivity contribution in [1.82, 2.24) is 4.90 Å². The van der Waals surface area contributed by atoms with Gasteiger partial charge in [-0.05, 0) is 24.6 Å². The van der Waals surface area contributed by atoms with Crippen LogP contribution >= 0.6 is 11.3 Å². The molecular weight excluding hydrogens is 284 g/mol. The van der Waals surface area contributed by atoms with E-state index in [9.17, 15) is 4.79 Å². The molecule has 108 valence electrons. The van der Waals surface area contributed by atoms with Crippen molar-refractivity contribution in [2.45, 2.75) is 20.0 Å².